The summed E-state index contributed by atoms with van der Waals surface area (Å²) in [5.41, 5.74) is 0. The fourth-order valence-corrected chi connectivity index (χ4v) is 1.65. The number of thioether (sulfide) groups is 1. The number of methoxy groups -OCH3 is 1. The Balaban J connectivity index is 3.51. The van der Waals surface area contributed by atoms with Crippen LogP contribution in [-0.4, -0.2) is 47.9 Å². The molecule has 16 heavy (non-hydrogen) atoms. The number of aliphatic hydroxyl groups excluding tert-OH is 1. The minimum absolute atomic E-state index is 0.0181. The predicted molar refractivity (Wildman–Crippen MR) is 67.7 cm³/mol. The van der Waals surface area contributed by atoms with Crippen molar-refractivity contribution in [3.63, 3.8) is 0 Å². The molecule has 0 rings (SSSR count). The van der Waals surface area contributed by atoms with E-state index in [-0.39, 0.29) is 10.7 Å². The van der Waals surface area contributed by atoms with E-state index in [9.17, 15) is 9.90 Å². The molecular weight excluding hydrogens is 226 g/mol. The van der Waals surface area contributed by atoms with Crippen LogP contribution in [0.2, 0.25) is 0 Å². The van der Waals surface area contributed by atoms with E-state index < -0.39 is 6.10 Å². The molecule has 5 heteroatoms. The van der Waals surface area contributed by atoms with E-state index in [1.54, 1.807) is 18.9 Å². The normalized spacial score (nSPS) is 13.6. The summed E-state index contributed by atoms with van der Waals surface area (Å²) in [6.07, 6.45) is 0.0281. The molecule has 0 spiro atoms. The van der Waals surface area contributed by atoms with Gasteiger partial charge in [0.25, 0.3) is 0 Å². The van der Waals surface area contributed by atoms with Gasteiger partial charge in [0.1, 0.15) is 0 Å². The van der Waals surface area contributed by atoms with E-state index in [1.807, 2.05) is 0 Å². The first kappa shape index (κ1) is 15.7. The highest BCUT2D eigenvalue weighted by molar-refractivity contribution is 8.01. The quantitative estimate of drug-likeness (QED) is 0.707. The Kier molecular flexibility index (Phi) is 7.80. The van der Waals surface area contributed by atoms with Crippen molar-refractivity contribution in [3.8, 4) is 0 Å². The van der Waals surface area contributed by atoms with Crippen LogP contribution in [0.15, 0.2) is 0 Å². The molecular formula is C11H23NO3S. The Morgan fingerprint density at radius 1 is 1.50 bits per heavy atom. The van der Waals surface area contributed by atoms with Gasteiger partial charge >= 0.3 is 0 Å². The number of hydrogen-bond acceptors (Lipinski definition) is 4. The standard InChI is InChI=1S/C11H23NO3S/c1-11(2,3)16-8-10(14)12-6-5-9(13)7-15-4/h9,13H,5-8H2,1-4H3,(H,12,14). The number of carbonyl (C=O) groups is 1. The Morgan fingerprint density at radius 3 is 2.62 bits per heavy atom. The van der Waals surface area contributed by atoms with Crippen molar-refractivity contribution in [1.29, 1.82) is 0 Å². The Bertz CT molecular complexity index is 204. The number of aliphatic hydroxyl groups is 1. The maximum Gasteiger partial charge on any atom is 0.230 e. The molecule has 0 aromatic carbocycles. The summed E-state index contributed by atoms with van der Waals surface area (Å²) in [4.78, 5) is 11.4. The minimum Gasteiger partial charge on any atom is -0.391 e. The van der Waals surface area contributed by atoms with Gasteiger partial charge in [-0.1, -0.05) is 20.8 Å². The number of carbonyl (C=O) groups excluding carboxylic acids is 1. The summed E-state index contributed by atoms with van der Waals surface area (Å²) in [7, 11) is 1.54. The second kappa shape index (κ2) is 7.92. The second-order valence-electron chi connectivity index (χ2n) is 4.65. The van der Waals surface area contributed by atoms with Crippen molar-refractivity contribution in [1.82, 2.24) is 5.32 Å². The van der Waals surface area contributed by atoms with Crippen molar-refractivity contribution in [3.05, 3.63) is 0 Å². The summed E-state index contributed by atoms with van der Waals surface area (Å²) in [5.74, 6) is 0.480. The smallest absolute Gasteiger partial charge is 0.230 e. The average molecular weight is 249 g/mol. The molecule has 0 heterocycles. The summed E-state index contributed by atoms with van der Waals surface area (Å²) in [6, 6.07) is 0. The molecule has 1 unspecified atom stereocenters. The van der Waals surface area contributed by atoms with Gasteiger partial charge in [0, 0.05) is 18.4 Å². The molecule has 0 aliphatic heterocycles. The summed E-state index contributed by atoms with van der Waals surface area (Å²) in [5, 5.41) is 12.1. The third-order valence-corrected chi connectivity index (χ3v) is 3.07. The van der Waals surface area contributed by atoms with Crippen LogP contribution in [0.4, 0.5) is 0 Å². The fourth-order valence-electron chi connectivity index (χ4n) is 0.987. The van der Waals surface area contributed by atoms with Gasteiger partial charge in [-0.25, -0.2) is 0 Å². The lowest BCUT2D eigenvalue weighted by Crippen LogP contribution is -2.30. The molecule has 0 radical (unpaired) electrons. The van der Waals surface area contributed by atoms with Crippen molar-refractivity contribution in [2.75, 3.05) is 26.0 Å². The van der Waals surface area contributed by atoms with E-state index >= 15 is 0 Å². The largest absolute Gasteiger partial charge is 0.391 e. The molecule has 0 bridgehead atoms. The summed E-state index contributed by atoms with van der Waals surface area (Å²) in [6.45, 7) is 7.04. The number of hydrogen-bond donors (Lipinski definition) is 2. The lowest BCUT2D eigenvalue weighted by Gasteiger charge is -2.17. The van der Waals surface area contributed by atoms with Crippen LogP contribution in [0, 0.1) is 0 Å². The first-order chi connectivity index (χ1) is 7.35. The molecule has 1 atom stereocenters. The SMILES string of the molecule is COCC(O)CCNC(=O)CSC(C)(C)C. The molecule has 4 nitrogen and oxygen atoms in total. The van der Waals surface area contributed by atoms with Gasteiger partial charge in [0.2, 0.25) is 5.91 Å². The van der Waals surface area contributed by atoms with Crippen LogP contribution in [0.25, 0.3) is 0 Å². The highest BCUT2D eigenvalue weighted by atomic mass is 32.2. The molecule has 1 amide bonds. The van der Waals surface area contributed by atoms with Crippen molar-refractivity contribution >= 4 is 17.7 Å². The Hall–Kier alpha value is -0.260. The highest BCUT2D eigenvalue weighted by Crippen LogP contribution is 2.22. The third kappa shape index (κ3) is 10.3. The topological polar surface area (TPSA) is 58.6 Å². The minimum atomic E-state index is -0.499. The van der Waals surface area contributed by atoms with E-state index in [4.69, 9.17) is 4.74 Å². The molecule has 96 valence electrons. The molecule has 0 fully saturated rings. The van der Waals surface area contributed by atoms with Gasteiger partial charge in [-0.3, -0.25) is 4.79 Å². The number of amides is 1. The third-order valence-electron chi connectivity index (χ3n) is 1.80. The monoisotopic (exact) mass is 249 g/mol. The number of ether oxygens (including phenoxy) is 1. The van der Waals surface area contributed by atoms with Crippen LogP contribution in [0.5, 0.6) is 0 Å². The van der Waals surface area contributed by atoms with E-state index in [0.717, 1.165) is 0 Å². The van der Waals surface area contributed by atoms with Gasteiger partial charge in [0.15, 0.2) is 0 Å². The van der Waals surface area contributed by atoms with Crippen LogP contribution in [-0.2, 0) is 9.53 Å². The van der Waals surface area contributed by atoms with Gasteiger partial charge in [-0.15, -0.1) is 11.8 Å². The fraction of sp³-hybridized carbons (Fsp3) is 0.909. The first-order valence-corrected chi connectivity index (χ1v) is 6.41. The molecule has 0 aromatic heterocycles. The van der Waals surface area contributed by atoms with Gasteiger partial charge in [0.05, 0.1) is 18.5 Å². The predicted octanol–water partition coefficient (Wildman–Crippen LogP) is 1.03. The number of nitrogens with one attached hydrogen (secondary N) is 1. The van der Waals surface area contributed by atoms with Gasteiger partial charge < -0.3 is 15.2 Å². The maximum atomic E-state index is 11.4. The highest BCUT2D eigenvalue weighted by Gasteiger charge is 2.13. The Morgan fingerprint density at radius 2 is 2.12 bits per heavy atom. The van der Waals surface area contributed by atoms with Gasteiger partial charge in [-0.2, -0.15) is 0 Å². The molecule has 2 N–H and O–H groups in total. The van der Waals surface area contributed by atoms with Crippen LogP contribution >= 0.6 is 11.8 Å². The average Bonchev–Trinajstić information content (AvgIpc) is 2.14. The zero-order chi connectivity index (χ0) is 12.6. The first-order valence-electron chi connectivity index (χ1n) is 5.43. The molecule has 0 saturated carbocycles. The van der Waals surface area contributed by atoms with Gasteiger partial charge in [-0.05, 0) is 6.42 Å². The lowest BCUT2D eigenvalue weighted by atomic mass is 10.2. The van der Waals surface area contributed by atoms with Crippen molar-refractivity contribution in [2.45, 2.75) is 38.0 Å². The number of rotatable bonds is 7. The zero-order valence-electron chi connectivity index (χ0n) is 10.6. The van der Waals surface area contributed by atoms with Crippen LogP contribution < -0.4 is 5.32 Å². The van der Waals surface area contributed by atoms with Crippen molar-refractivity contribution < 1.29 is 14.6 Å². The zero-order valence-corrected chi connectivity index (χ0v) is 11.4. The second-order valence-corrected chi connectivity index (χ2v) is 6.45. The van der Waals surface area contributed by atoms with Crippen molar-refractivity contribution in [2.24, 2.45) is 0 Å². The van der Waals surface area contributed by atoms with E-state index in [1.165, 1.54) is 0 Å². The van der Waals surface area contributed by atoms with Crippen LogP contribution in [0.3, 0.4) is 0 Å². The van der Waals surface area contributed by atoms with E-state index in [2.05, 4.69) is 26.1 Å². The summed E-state index contributed by atoms with van der Waals surface area (Å²) < 4.78 is 4.89. The Labute approximate surface area is 102 Å². The molecule has 0 aliphatic carbocycles. The molecule has 0 saturated heterocycles. The molecule has 0 aliphatic rings. The van der Waals surface area contributed by atoms with E-state index in [0.29, 0.717) is 25.3 Å². The maximum absolute atomic E-state index is 11.4. The molecule has 0 aromatic rings. The van der Waals surface area contributed by atoms with Crippen LogP contribution in [0.1, 0.15) is 27.2 Å². The summed E-state index contributed by atoms with van der Waals surface area (Å²) >= 11 is 1.61. The lowest BCUT2D eigenvalue weighted by molar-refractivity contribution is -0.118.